The van der Waals surface area contributed by atoms with Crippen LogP contribution in [0.3, 0.4) is 0 Å². The lowest BCUT2D eigenvalue weighted by Gasteiger charge is -2.03. The molecule has 0 aromatic heterocycles. The molecule has 0 aliphatic carbocycles. The number of rotatable bonds is 3. The van der Waals surface area contributed by atoms with Gasteiger partial charge in [-0.25, -0.2) is 0 Å². The predicted octanol–water partition coefficient (Wildman–Crippen LogP) is -0.148. The third-order valence-electron chi connectivity index (χ3n) is 0.743. The highest BCUT2D eigenvalue weighted by atomic mass is 35.5. The average molecular weight is 160 g/mol. The Bertz CT molecular complexity index is 148. The number of halogens is 1. The standard InChI is InChI=1S/C5H6BClO3/c1-2-10-5(9)3(7)4(6)8/h3H,2H2,1H3. The van der Waals surface area contributed by atoms with Crippen molar-refractivity contribution in [3.63, 3.8) is 0 Å². The molecule has 0 saturated carbocycles. The number of alkyl halides is 1. The average Bonchev–Trinajstić information content (AvgIpc) is 1.87. The second kappa shape index (κ2) is 4.33. The summed E-state index contributed by atoms with van der Waals surface area (Å²) in [6.45, 7) is 1.80. The van der Waals surface area contributed by atoms with Crippen molar-refractivity contribution in [1.82, 2.24) is 0 Å². The van der Waals surface area contributed by atoms with Gasteiger partial charge in [-0.05, 0) is 6.92 Å². The highest BCUT2D eigenvalue weighted by molar-refractivity contribution is 6.67. The Kier molecular flexibility index (Phi) is 4.11. The summed E-state index contributed by atoms with van der Waals surface area (Å²) in [5, 5.41) is -1.36. The number of carbonyl (C=O) groups excluding carboxylic acids is 2. The molecule has 2 radical (unpaired) electrons. The topological polar surface area (TPSA) is 43.4 Å². The maximum Gasteiger partial charge on any atom is 0.330 e. The van der Waals surface area contributed by atoms with Gasteiger partial charge in [0.1, 0.15) is 5.68 Å². The van der Waals surface area contributed by atoms with Crippen LogP contribution in [0.1, 0.15) is 6.92 Å². The zero-order valence-electron chi connectivity index (χ0n) is 5.46. The van der Waals surface area contributed by atoms with Gasteiger partial charge in [-0.15, -0.1) is 11.6 Å². The van der Waals surface area contributed by atoms with E-state index in [9.17, 15) is 9.59 Å². The molecule has 0 amide bonds. The van der Waals surface area contributed by atoms with Gasteiger partial charge in [0.15, 0.2) is 13.2 Å². The van der Waals surface area contributed by atoms with Crippen LogP contribution in [0.5, 0.6) is 0 Å². The van der Waals surface area contributed by atoms with Gasteiger partial charge in [-0.1, -0.05) is 0 Å². The van der Waals surface area contributed by atoms with E-state index in [0.29, 0.717) is 0 Å². The second-order valence-electron chi connectivity index (χ2n) is 1.52. The predicted molar refractivity (Wildman–Crippen MR) is 37.0 cm³/mol. The molecule has 0 aromatic carbocycles. The van der Waals surface area contributed by atoms with Gasteiger partial charge in [-0.2, -0.15) is 0 Å². The molecule has 54 valence electrons. The highest BCUT2D eigenvalue weighted by Gasteiger charge is 2.19. The molecule has 0 bridgehead atoms. The monoisotopic (exact) mass is 160 g/mol. The van der Waals surface area contributed by atoms with Crippen molar-refractivity contribution in [2.24, 2.45) is 0 Å². The van der Waals surface area contributed by atoms with Gasteiger partial charge >= 0.3 is 5.97 Å². The maximum absolute atomic E-state index is 10.5. The molecular weight excluding hydrogens is 154 g/mol. The Hall–Kier alpha value is -0.505. The molecule has 10 heavy (non-hydrogen) atoms. The van der Waals surface area contributed by atoms with Crippen molar-refractivity contribution in [2.75, 3.05) is 6.61 Å². The zero-order chi connectivity index (χ0) is 8.15. The van der Waals surface area contributed by atoms with E-state index in [1.807, 2.05) is 0 Å². The fourth-order valence-corrected chi connectivity index (χ4v) is 0.395. The van der Waals surface area contributed by atoms with Crippen LogP contribution in [-0.2, 0) is 14.3 Å². The van der Waals surface area contributed by atoms with E-state index < -0.39 is 17.0 Å². The van der Waals surface area contributed by atoms with Gasteiger partial charge in [0.25, 0.3) is 0 Å². The van der Waals surface area contributed by atoms with Gasteiger partial charge in [0, 0.05) is 0 Å². The van der Waals surface area contributed by atoms with Crippen LogP contribution in [0.25, 0.3) is 0 Å². The Morgan fingerprint density at radius 3 is 2.50 bits per heavy atom. The Morgan fingerprint density at radius 1 is 1.70 bits per heavy atom. The van der Waals surface area contributed by atoms with E-state index in [1.54, 1.807) is 6.92 Å². The lowest BCUT2D eigenvalue weighted by atomic mass is 9.99. The van der Waals surface area contributed by atoms with Crippen LogP contribution >= 0.6 is 11.6 Å². The van der Waals surface area contributed by atoms with E-state index in [-0.39, 0.29) is 6.61 Å². The van der Waals surface area contributed by atoms with Crippen molar-refractivity contribution < 1.29 is 14.3 Å². The summed E-state index contributed by atoms with van der Waals surface area (Å²) in [6.07, 6.45) is 0. The summed E-state index contributed by atoms with van der Waals surface area (Å²) in [5.41, 5.74) is -0.889. The van der Waals surface area contributed by atoms with Crippen LogP contribution in [-0.4, -0.2) is 31.5 Å². The largest absolute Gasteiger partial charge is 0.465 e. The second-order valence-corrected chi connectivity index (χ2v) is 1.95. The minimum absolute atomic E-state index is 0.190. The molecule has 0 spiro atoms. The van der Waals surface area contributed by atoms with Crippen molar-refractivity contribution >= 4 is 31.1 Å². The summed E-state index contributed by atoms with van der Waals surface area (Å²) in [4.78, 5) is 20.7. The van der Waals surface area contributed by atoms with E-state index in [4.69, 9.17) is 19.4 Å². The molecule has 1 unspecified atom stereocenters. The Morgan fingerprint density at radius 2 is 2.20 bits per heavy atom. The summed E-state index contributed by atoms with van der Waals surface area (Å²) in [5.74, 6) is -0.795. The number of hydrogen-bond acceptors (Lipinski definition) is 3. The van der Waals surface area contributed by atoms with E-state index in [0.717, 1.165) is 0 Å². The minimum Gasteiger partial charge on any atom is -0.465 e. The lowest BCUT2D eigenvalue weighted by molar-refractivity contribution is -0.143. The molecule has 0 aromatic rings. The summed E-state index contributed by atoms with van der Waals surface area (Å²) in [6, 6.07) is 0. The molecular formula is C5H6BClO3. The van der Waals surface area contributed by atoms with Crippen molar-refractivity contribution in [2.45, 2.75) is 12.3 Å². The molecule has 0 rings (SSSR count). The van der Waals surface area contributed by atoms with Gasteiger partial charge in [0.2, 0.25) is 0 Å². The molecule has 3 nitrogen and oxygen atoms in total. The van der Waals surface area contributed by atoms with Crippen LogP contribution in [0.4, 0.5) is 0 Å². The number of esters is 1. The summed E-state index contributed by atoms with van der Waals surface area (Å²) in [7, 11) is 4.70. The molecule has 0 saturated heterocycles. The minimum atomic E-state index is -1.36. The highest BCUT2D eigenvalue weighted by Crippen LogP contribution is 1.97. The van der Waals surface area contributed by atoms with Gasteiger partial charge in [-0.3, -0.25) is 4.79 Å². The summed E-state index contributed by atoms with van der Waals surface area (Å²) >= 11 is 5.20. The third-order valence-corrected chi connectivity index (χ3v) is 1.14. The zero-order valence-corrected chi connectivity index (χ0v) is 6.22. The maximum atomic E-state index is 10.5. The Labute approximate surface area is 65.1 Å². The molecule has 5 heteroatoms. The first-order valence-corrected chi connectivity index (χ1v) is 3.13. The molecule has 0 aliphatic rings. The summed E-state index contributed by atoms with van der Waals surface area (Å²) < 4.78 is 4.39. The normalized spacial score (nSPS) is 12.2. The van der Waals surface area contributed by atoms with Crippen LogP contribution in [0.15, 0.2) is 0 Å². The van der Waals surface area contributed by atoms with Crippen molar-refractivity contribution in [3.8, 4) is 0 Å². The lowest BCUT2D eigenvalue weighted by Crippen LogP contribution is -2.26. The first-order valence-electron chi connectivity index (χ1n) is 2.69. The number of hydrogen-bond donors (Lipinski definition) is 0. The SMILES string of the molecule is [B]C(=O)C(Cl)C(=O)OCC. The fourth-order valence-electron chi connectivity index (χ4n) is 0.332. The molecule has 0 fully saturated rings. The number of carbonyl (C=O) groups is 2. The van der Waals surface area contributed by atoms with Crippen molar-refractivity contribution in [1.29, 1.82) is 0 Å². The first-order chi connectivity index (χ1) is 4.59. The van der Waals surface area contributed by atoms with E-state index in [1.165, 1.54) is 0 Å². The molecule has 0 aliphatic heterocycles. The molecule has 0 N–H and O–H groups in total. The van der Waals surface area contributed by atoms with Gasteiger partial charge < -0.3 is 9.53 Å². The van der Waals surface area contributed by atoms with Crippen LogP contribution < -0.4 is 0 Å². The van der Waals surface area contributed by atoms with Crippen molar-refractivity contribution in [3.05, 3.63) is 0 Å². The van der Waals surface area contributed by atoms with Crippen LogP contribution in [0.2, 0.25) is 0 Å². The van der Waals surface area contributed by atoms with Crippen LogP contribution in [0, 0.1) is 0 Å². The van der Waals surface area contributed by atoms with Gasteiger partial charge in [0.05, 0.1) is 6.61 Å². The first kappa shape index (κ1) is 9.49. The van der Waals surface area contributed by atoms with E-state index in [2.05, 4.69) is 4.74 Å². The van der Waals surface area contributed by atoms with E-state index >= 15 is 0 Å². The molecule has 1 atom stereocenters. The Balaban J connectivity index is 3.82. The third kappa shape index (κ3) is 2.87. The smallest absolute Gasteiger partial charge is 0.330 e. The fraction of sp³-hybridized carbons (Fsp3) is 0.600. The molecule has 0 heterocycles. The number of ether oxygens (including phenoxy) is 1. The quantitative estimate of drug-likeness (QED) is 0.250.